The maximum Gasteiger partial charge on any atom is 0.0877 e. The molecule has 23 heavy (non-hydrogen) atoms. The van der Waals surface area contributed by atoms with Gasteiger partial charge in [0.15, 0.2) is 0 Å². The van der Waals surface area contributed by atoms with Crippen LogP contribution in [0.15, 0.2) is 24.3 Å². The lowest BCUT2D eigenvalue weighted by Gasteiger charge is -2.62. The van der Waals surface area contributed by atoms with Gasteiger partial charge in [-0.3, -0.25) is 0 Å². The van der Waals surface area contributed by atoms with Gasteiger partial charge in [-0.05, 0) is 49.4 Å². The average Bonchev–Trinajstić information content (AvgIpc) is 2.52. The van der Waals surface area contributed by atoms with Crippen LogP contribution in [0.25, 0.3) is 0 Å². The number of allylic oxidation sites excluding steroid dienone is 3. The first-order valence-corrected chi connectivity index (χ1v) is 9.02. The predicted molar refractivity (Wildman–Crippen MR) is 91.8 cm³/mol. The first-order chi connectivity index (χ1) is 10.7. The molecule has 3 aliphatic rings. The molecule has 3 aliphatic carbocycles. The number of aliphatic hydroxyl groups is 3. The Bertz CT molecular complexity index is 527. The van der Waals surface area contributed by atoms with Crippen LogP contribution in [0.1, 0.15) is 52.9 Å². The fraction of sp³-hybridized carbons (Fsp3) is 0.800. The topological polar surface area (TPSA) is 60.7 Å². The number of fused-ring (bicyclic) bond motifs is 3. The van der Waals surface area contributed by atoms with Crippen molar-refractivity contribution in [2.75, 3.05) is 6.61 Å². The summed E-state index contributed by atoms with van der Waals surface area (Å²) in [7, 11) is 0. The largest absolute Gasteiger partial charge is 0.396 e. The van der Waals surface area contributed by atoms with E-state index in [2.05, 4.69) is 32.6 Å². The van der Waals surface area contributed by atoms with Gasteiger partial charge in [0.1, 0.15) is 0 Å². The minimum Gasteiger partial charge on any atom is -0.396 e. The molecule has 2 fully saturated rings. The average molecular weight is 320 g/mol. The Kier molecular flexibility index (Phi) is 4.06. The molecule has 7 atom stereocenters. The molecule has 0 aliphatic heterocycles. The second kappa shape index (κ2) is 5.44. The third-order valence-electron chi connectivity index (χ3n) is 7.54. The van der Waals surface area contributed by atoms with Gasteiger partial charge in [-0.25, -0.2) is 0 Å². The van der Waals surface area contributed by atoms with Crippen molar-refractivity contribution in [3.8, 4) is 0 Å². The molecule has 0 aromatic rings. The number of rotatable bonds is 2. The van der Waals surface area contributed by atoms with Crippen molar-refractivity contribution in [2.24, 2.45) is 28.1 Å². The molecule has 3 N–H and O–H groups in total. The fourth-order valence-electron chi connectivity index (χ4n) is 6.06. The van der Waals surface area contributed by atoms with Gasteiger partial charge in [0.25, 0.3) is 0 Å². The lowest BCUT2D eigenvalue weighted by Crippen LogP contribution is -2.62. The van der Waals surface area contributed by atoms with Crippen LogP contribution in [0.5, 0.6) is 0 Å². The van der Waals surface area contributed by atoms with Crippen LogP contribution in [0.4, 0.5) is 0 Å². The summed E-state index contributed by atoms with van der Waals surface area (Å²) in [6, 6.07) is 0. The normalized spacial score (nSPS) is 53.0. The minimum absolute atomic E-state index is 0.0529. The Morgan fingerprint density at radius 1 is 1.26 bits per heavy atom. The van der Waals surface area contributed by atoms with Crippen molar-refractivity contribution >= 4 is 0 Å². The van der Waals surface area contributed by atoms with E-state index in [1.807, 2.05) is 6.92 Å². The molecule has 3 rings (SSSR count). The van der Waals surface area contributed by atoms with Gasteiger partial charge in [-0.2, -0.15) is 0 Å². The van der Waals surface area contributed by atoms with E-state index in [4.69, 9.17) is 0 Å². The summed E-state index contributed by atoms with van der Waals surface area (Å²) in [6.07, 6.45) is 7.71. The van der Waals surface area contributed by atoms with E-state index in [9.17, 15) is 15.3 Å². The van der Waals surface area contributed by atoms with Crippen molar-refractivity contribution in [2.45, 2.75) is 65.1 Å². The van der Waals surface area contributed by atoms with Gasteiger partial charge >= 0.3 is 0 Å². The van der Waals surface area contributed by atoms with Crippen LogP contribution in [-0.4, -0.2) is 34.1 Å². The molecule has 0 saturated heterocycles. The van der Waals surface area contributed by atoms with E-state index in [1.54, 1.807) is 0 Å². The maximum absolute atomic E-state index is 10.5. The number of aliphatic hydroxyl groups excluding tert-OH is 3. The number of hydrogen-bond acceptors (Lipinski definition) is 3. The van der Waals surface area contributed by atoms with Crippen LogP contribution in [0.3, 0.4) is 0 Å². The Labute approximate surface area is 140 Å². The monoisotopic (exact) mass is 320 g/mol. The van der Waals surface area contributed by atoms with E-state index in [0.717, 1.165) is 25.7 Å². The zero-order chi connectivity index (χ0) is 17.0. The molecule has 0 bridgehead atoms. The Balaban J connectivity index is 2.02. The molecule has 0 amide bonds. The van der Waals surface area contributed by atoms with Crippen molar-refractivity contribution in [1.82, 2.24) is 0 Å². The third kappa shape index (κ3) is 2.35. The second-order valence-electron chi connectivity index (χ2n) is 9.00. The van der Waals surface area contributed by atoms with Gasteiger partial charge in [0.2, 0.25) is 0 Å². The zero-order valence-electron chi connectivity index (χ0n) is 14.8. The summed E-state index contributed by atoms with van der Waals surface area (Å²) < 4.78 is 0. The molecule has 3 heteroatoms. The molecular weight excluding hydrogens is 288 g/mol. The lowest BCUT2D eigenvalue weighted by atomic mass is 9.44. The number of hydrogen-bond donors (Lipinski definition) is 3. The van der Waals surface area contributed by atoms with Crippen molar-refractivity contribution in [1.29, 1.82) is 0 Å². The highest BCUT2D eigenvalue weighted by Gasteiger charge is 2.61. The molecule has 0 spiro atoms. The molecule has 0 aromatic carbocycles. The van der Waals surface area contributed by atoms with E-state index >= 15 is 0 Å². The minimum atomic E-state index is -0.835. The first-order valence-electron chi connectivity index (χ1n) is 9.02. The molecule has 3 nitrogen and oxygen atoms in total. The third-order valence-corrected chi connectivity index (χ3v) is 7.54. The smallest absolute Gasteiger partial charge is 0.0877 e. The van der Waals surface area contributed by atoms with Crippen molar-refractivity contribution < 1.29 is 15.3 Å². The van der Waals surface area contributed by atoms with Gasteiger partial charge in [-0.1, -0.05) is 38.5 Å². The Morgan fingerprint density at radius 2 is 1.96 bits per heavy atom. The van der Waals surface area contributed by atoms with Gasteiger partial charge in [0, 0.05) is 10.8 Å². The van der Waals surface area contributed by atoms with Gasteiger partial charge in [-0.15, -0.1) is 6.58 Å². The first kappa shape index (κ1) is 17.2. The Hall–Kier alpha value is -0.640. The Morgan fingerprint density at radius 3 is 2.57 bits per heavy atom. The van der Waals surface area contributed by atoms with Crippen LogP contribution in [-0.2, 0) is 0 Å². The van der Waals surface area contributed by atoms with Crippen LogP contribution < -0.4 is 0 Å². The summed E-state index contributed by atoms with van der Waals surface area (Å²) in [6.45, 7) is 10.4. The van der Waals surface area contributed by atoms with Crippen molar-refractivity contribution in [3.63, 3.8) is 0 Å². The van der Waals surface area contributed by atoms with Crippen LogP contribution in [0.2, 0.25) is 0 Å². The van der Waals surface area contributed by atoms with Gasteiger partial charge < -0.3 is 15.3 Å². The molecule has 0 unspecified atom stereocenters. The summed E-state index contributed by atoms with van der Waals surface area (Å²) >= 11 is 0. The maximum atomic E-state index is 10.5. The van der Waals surface area contributed by atoms with Crippen molar-refractivity contribution in [3.05, 3.63) is 24.3 Å². The van der Waals surface area contributed by atoms with E-state index in [-0.39, 0.29) is 23.4 Å². The SMILES string of the molecule is C=C[C@]1(C)C=C2CC[C@@H]3[C@](C)(C[C@@H](O)[C@H](O)[C@@]3(C)CO)[C@H]2CC1. The standard InChI is InChI=1S/C20H32O3/c1-5-18(2)9-8-14-13(10-18)6-7-16-19(14,3)11-15(22)17(23)20(16,4)12-21/h5,10,14-17,21-23H,1,6-9,11-12H2,2-4H3/t14-,15+,16+,17-,18-,19+,20-/m0/s1. The summed E-state index contributed by atoms with van der Waals surface area (Å²) in [5.41, 5.74) is 0.920. The molecule has 130 valence electrons. The van der Waals surface area contributed by atoms with E-state index in [0.29, 0.717) is 12.3 Å². The van der Waals surface area contributed by atoms with E-state index in [1.165, 1.54) is 5.57 Å². The van der Waals surface area contributed by atoms with Gasteiger partial charge in [0.05, 0.1) is 18.8 Å². The summed E-state index contributed by atoms with van der Waals surface area (Å²) in [5.74, 6) is 0.691. The summed E-state index contributed by atoms with van der Waals surface area (Å²) in [5, 5.41) is 31.0. The highest BCUT2D eigenvalue weighted by Crippen LogP contribution is 2.63. The highest BCUT2D eigenvalue weighted by atomic mass is 16.3. The lowest BCUT2D eigenvalue weighted by molar-refractivity contribution is -0.201. The van der Waals surface area contributed by atoms with Crippen LogP contribution in [0, 0.1) is 28.1 Å². The summed E-state index contributed by atoms with van der Waals surface area (Å²) in [4.78, 5) is 0. The van der Waals surface area contributed by atoms with Crippen LogP contribution >= 0.6 is 0 Å². The van der Waals surface area contributed by atoms with E-state index < -0.39 is 17.6 Å². The second-order valence-corrected chi connectivity index (χ2v) is 9.00. The quantitative estimate of drug-likeness (QED) is 0.685. The predicted octanol–water partition coefficient (Wildman–Crippen LogP) is 3.06. The molecule has 0 heterocycles. The molecular formula is C20H32O3. The highest BCUT2D eigenvalue weighted by molar-refractivity contribution is 5.27. The molecule has 0 aromatic heterocycles. The molecule has 2 saturated carbocycles. The zero-order valence-corrected chi connectivity index (χ0v) is 14.8. The molecule has 0 radical (unpaired) electrons. The fourth-order valence-corrected chi connectivity index (χ4v) is 6.06.